The Hall–Kier alpha value is -1.23. The Morgan fingerprint density at radius 2 is 2.31 bits per heavy atom. The lowest BCUT2D eigenvalue weighted by atomic mass is 10.1. The molecule has 1 aromatic rings. The fraction of sp³-hybridized carbons (Fsp3) is 0.600. The molecule has 6 heteroatoms. The molecule has 1 fully saturated rings. The summed E-state index contributed by atoms with van der Waals surface area (Å²) < 4.78 is 1.78. The highest BCUT2D eigenvalue weighted by Gasteiger charge is 2.34. The highest BCUT2D eigenvalue weighted by atomic mass is 35.5. The first-order valence-electron chi connectivity index (χ1n) is 5.39. The second-order valence-corrected chi connectivity index (χ2v) is 4.77. The van der Waals surface area contributed by atoms with E-state index in [1.54, 1.807) is 4.57 Å². The molecule has 1 unspecified atom stereocenters. The Labute approximate surface area is 97.4 Å². The Morgan fingerprint density at radius 3 is 2.94 bits per heavy atom. The predicted octanol–water partition coefficient (Wildman–Crippen LogP) is 1.54. The van der Waals surface area contributed by atoms with Crippen molar-refractivity contribution >= 4 is 23.5 Å². The summed E-state index contributed by atoms with van der Waals surface area (Å²) in [5.74, 6) is -0.0257. The Kier molecular flexibility index (Phi) is 2.10. The van der Waals surface area contributed by atoms with E-state index in [9.17, 15) is 4.79 Å². The van der Waals surface area contributed by atoms with E-state index < -0.39 is 11.9 Å². The summed E-state index contributed by atoms with van der Waals surface area (Å²) in [5.41, 5.74) is 0.926. The van der Waals surface area contributed by atoms with Gasteiger partial charge in [0.05, 0.1) is 11.6 Å². The average Bonchev–Trinajstić information content (AvgIpc) is 3.04. The lowest BCUT2D eigenvalue weighted by Crippen LogP contribution is -2.33. The maximum atomic E-state index is 10.9. The molecule has 16 heavy (non-hydrogen) atoms. The van der Waals surface area contributed by atoms with Crippen molar-refractivity contribution in [3.8, 4) is 0 Å². The number of hydrogen-bond donors (Lipinski definition) is 2. The number of nitrogens with one attached hydrogen (secondary N) is 1. The molecule has 0 amide bonds. The lowest BCUT2D eigenvalue weighted by molar-refractivity contribution is -0.141. The first-order chi connectivity index (χ1) is 7.66. The van der Waals surface area contributed by atoms with Gasteiger partial charge in [-0.25, -0.2) is 4.98 Å². The number of rotatable bonds is 2. The zero-order valence-corrected chi connectivity index (χ0v) is 9.37. The molecule has 1 aromatic heterocycles. The average molecular weight is 242 g/mol. The SMILES string of the molecule is O=C(O)C1CNc2nc(C3CC3)c(Cl)n2C1. The van der Waals surface area contributed by atoms with Crippen molar-refractivity contribution in [2.45, 2.75) is 25.3 Å². The molecule has 5 nitrogen and oxygen atoms in total. The number of imidazole rings is 1. The number of hydrogen-bond acceptors (Lipinski definition) is 3. The number of carboxylic acid groups (broad SMARTS) is 1. The van der Waals surface area contributed by atoms with Crippen LogP contribution in [0.5, 0.6) is 0 Å². The summed E-state index contributed by atoms with van der Waals surface area (Å²) in [6, 6.07) is 0. The van der Waals surface area contributed by atoms with Crippen LogP contribution in [0.25, 0.3) is 0 Å². The monoisotopic (exact) mass is 241 g/mol. The van der Waals surface area contributed by atoms with Crippen molar-refractivity contribution in [3.05, 3.63) is 10.8 Å². The third-order valence-electron chi connectivity index (χ3n) is 3.15. The standard InChI is InChI=1S/C10H12ClN3O2/c11-8-7(5-1-2-5)13-10-12-3-6(9(15)16)4-14(8)10/h5-6H,1-4H2,(H,12,13)(H,15,16). The molecule has 1 saturated carbocycles. The fourth-order valence-corrected chi connectivity index (χ4v) is 2.38. The van der Waals surface area contributed by atoms with Crippen LogP contribution in [0.4, 0.5) is 5.95 Å². The minimum absolute atomic E-state index is 0.413. The summed E-state index contributed by atoms with van der Waals surface area (Å²) >= 11 is 6.21. The van der Waals surface area contributed by atoms with Crippen LogP contribution in [-0.4, -0.2) is 27.2 Å². The molecule has 2 heterocycles. The van der Waals surface area contributed by atoms with Crippen LogP contribution in [-0.2, 0) is 11.3 Å². The van der Waals surface area contributed by atoms with Crippen LogP contribution in [0.3, 0.4) is 0 Å². The molecule has 0 spiro atoms. The third kappa shape index (κ3) is 1.46. The first-order valence-corrected chi connectivity index (χ1v) is 5.77. The summed E-state index contributed by atoms with van der Waals surface area (Å²) in [7, 11) is 0. The van der Waals surface area contributed by atoms with Crippen LogP contribution in [0.1, 0.15) is 24.5 Å². The first kappa shape index (κ1) is 9.96. The molecule has 0 radical (unpaired) electrons. The predicted molar refractivity (Wildman–Crippen MR) is 58.8 cm³/mol. The van der Waals surface area contributed by atoms with Crippen LogP contribution < -0.4 is 5.32 Å². The molecule has 0 bridgehead atoms. The van der Waals surface area contributed by atoms with E-state index >= 15 is 0 Å². The lowest BCUT2D eigenvalue weighted by Gasteiger charge is -2.22. The van der Waals surface area contributed by atoms with Gasteiger partial charge < -0.3 is 15.0 Å². The van der Waals surface area contributed by atoms with Crippen molar-refractivity contribution in [2.24, 2.45) is 5.92 Å². The number of aliphatic carboxylic acids is 1. The normalized spacial score (nSPS) is 23.7. The van der Waals surface area contributed by atoms with Gasteiger partial charge in [-0.05, 0) is 12.8 Å². The summed E-state index contributed by atoms with van der Waals surface area (Å²) in [4.78, 5) is 15.3. The van der Waals surface area contributed by atoms with Crippen LogP contribution in [0.15, 0.2) is 0 Å². The number of aromatic nitrogens is 2. The van der Waals surface area contributed by atoms with Gasteiger partial charge in [-0.15, -0.1) is 0 Å². The highest BCUT2D eigenvalue weighted by molar-refractivity contribution is 6.30. The van der Waals surface area contributed by atoms with E-state index in [2.05, 4.69) is 10.3 Å². The Balaban J connectivity index is 1.94. The maximum absolute atomic E-state index is 10.9. The molecule has 0 saturated heterocycles. The molecule has 2 aliphatic rings. The maximum Gasteiger partial charge on any atom is 0.310 e. The van der Waals surface area contributed by atoms with Gasteiger partial charge in [0.1, 0.15) is 5.15 Å². The van der Waals surface area contributed by atoms with Crippen LogP contribution >= 0.6 is 11.6 Å². The van der Waals surface area contributed by atoms with E-state index in [4.69, 9.17) is 16.7 Å². The molecule has 0 aromatic carbocycles. The van der Waals surface area contributed by atoms with Gasteiger partial charge in [0, 0.05) is 19.0 Å². The van der Waals surface area contributed by atoms with Gasteiger partial charge in [0.2, 0.25) is 5.95 Å². The van der Waals surface area contributed by atoms with Crippen molar-refractivity contribution in [1.29, 1.82) is 0 Å². The third-order valence-corrected chi connectivity index (χ3v) is 3.55. The molecule has 1 aliphatic carbocycles. The van der Waals surface area contributed by atoms with Crippen molar-refractivity contribution < 1.29 is 9.90 Å². The van der Waals surface area contributed by atoms with Crippen LogP contribution in [0, 0.1) is 5.92 Å². The molecule has 3 rings (SSSR count). The summed E-state index contributed by atoms with van der Waals surface area (Å²) in [5, 5.41) is 12.6. The van der Waals surface area contributed by atoms with E-state index in [1.165, 1.54) is 0 Å². The van der Waals surface area contributed by atoms with Gasteiger partial charge in [-0.3, -0.25) is 4.79 Å². The van der Waals surface area contributed by atoms with E-state index in [-0.39, 0.29) is 0 Å². The van der Waals surface area contributed by atoms with Gasteiger partial charge in [-0.2, -0.15) is 0 Å². The number of carboxylic acids is 1. The number of anilines is 1. The van der Waals surface area contributed by atoms with E-state index in [0.717, 1.165) is 18.5 Å². The molecule has 86 valence electrons. The molecule has 2 N–H and O–H groups in total. The number of halogens is 1. The van der Waals surface area contributed by atoms with Crippen molar-refractivity contribution in [2.75, 3.05) is 11.9 Å². The van der Waals surface area contributed by atoms with Crippen LogP contribution in [0.2, 0.25) is 5.15 Å². The smallest absolute Gasteiger partial charge is 0.310 e. The van der Waals surface area contributed by atoms with E-state index in [0.29, 0.717) is 30.1 Å². The van der Waals surface area contributed by atoms with Gasteiger partial charge >= 0.3 is 5.97 Å². The summed E-state index contributed by atoms with van der Waals surface area (Å²) in [6.07, 6.45) is 2.27. The van der Waals surface area contributed by atoms with Gasteiger partial charge in [0.15, 0.2) is 0 Å². The quantitative estimate of drug-likeness (QED) is 0.824. The summed E-state index contributed by atoms with van der Waals surface area (Å²) in [6.45, 7) is 0.836. The zero-order valence-electron chi connectivity index (χ0n) is 8.61. The minimum Gasteiger partial charge on any atom is -0.481 e. The Morgan fingerprint density at radius 1 is 1.56 bits per heavy atom. The number of nitrogens with zero attached hydrogens (tertiary/aromatic N) is 2. The second-order valence-electron chi connectivity index (χ2n) is 4.41. The second kappa shape index (κ2) is 3.38. The largest absolute Gasteiger partial charge is 0.481 e. The van der Waals surface area contributed by atoms with E-state index in [1.807, 2.05) is 0 Å². The van der Waals surface area contributed by atoms with Crippen molar-refractivity contribution in [1.82, 2.24) is 9.55 Å². The van der Waals surface area contributed by atoms with Crippen molar-refractivity contribution in [3.63, 3.8) is 0 Å². The molecular formula is C10H12ClN3O2. The van der Waals surface area contributed by atoms with Gasteiger partial charge in [-0.1, -0.05) is 11.6 Å². The molecule has 1 aliphatic heterocycles. The zero-order chi connectivity index (χ0) is 11.3. The topological polar surface area (TPSA) is 67.2 Å². The minimum atomic E-state index is -0.795. The number of fused-ring (bicyclic) bond motifs is 1. The van der Waals surface area contributed by atoms with Gasteiger partial charge in [0.25, 0.3) is 0 Å². The highest BCUT2D eigenvalue weighted by Crippen LogP contribution is 2.44. The molecule has 1 atom stereocenters. The number of carbonyl (C=O) groups is 1. The molecular weight excluding hydrogens is 230 g/mol. The fourth-order valence-electron chi connectivity index (χ4n) is 2.03. The Bertz CT molecular complexity index is 453.